The van der Waals surface area contributed by atoms with E-state index < -0.39 is 23.8 Å². The van der Waals surface area contributed by atoms with Gasteiger partial charge in [-0.05, 0) is 111 Å². The molecular formula is C46H56N8O8. The standard InChI is InChI=1S/C46H56N8O8/c1-47-46(60)52-16-12-32-35(24-49(2)43(57)36(32)26-52)28-17-39(61-3)37(40(18-28)62-4)25-50-13-9-27(10-14-50)11-15-51-20-29-22-53(23-30(29)21-51)31-5-6-33-34(19-31)45(59)54(44(33)58)38-7-8-41(55)48-42(38)56/h5-6,17-19,24,27,29-30,38H,7-16,20-23,25-26H2,1-4H3,(H,47,60)(H,48,55,56). The van der Waals surface area contributed by atoms with E-state index in [1.165, 1.54) is 6.42 Å². The number of benzene rings is 2. The molecular weight excluding hydrogens is 793 g/mol. The van der Waals surface area contributed by atoms with Gasteiger partial charge in [0.15, 0.2) is 0 Å². The number of carbonyl (C=O) groups is 5. The van der Waals surface area contributed by atoms with Crippen LogP contribution in [-0.4, -0.2) is 133 Å². The highest BCUT2D eigenvalue weighted by Crippen LogP contribution is 2.40. The average molecular weight is 849 g/mol. The number of nitrogens with zero attached hydrogens (tertiary/aromatic N) is 6. The lowest BCUT2D eigenvalue weighted by molar-refractivity contribution is -0.136. The molecule has 7 heterocycles. The highest BCUT2D eigenvalue weighted by molar-refractivity contribution is 6.23. The molecule has 6 amide bonds. The van der Waals surface area contributed by atoms with Gasteiger partial charge in [0, 0.05) is 82.8 Å². The highest BCUT2D eigenvalue weighted by atomic mass is 16.5. The van der Waals surface area contributed by atoms with E-state index in [1.54, 1.807) is 49.9 Å². The largest absolute Gasteiger partial charge is 0.496 e. The molecule has 3 aromatic rings. The predicted molar refractivity (Wildman–Crippen MR) is 230 cm³/mol. The summed E-state index contributed by atoms with van der Waals surface area (Å²) in [6.45, 7) is 8.49. The number of likely N-dealkylation sites (tertiary alicyclic amines) is 2. The first-order valence-corrected chi connectivity index (χ1v) is 21.9. The fourth-order valence-electron chi connectivity index (χ4n) is 10.8. The van der Waals surface area contributed by atoms with Crippen LogP contribution in [0.25, 0.3) is 11.1 Å². The second-order valence-corrected chi connectivity index (χ2v) is 17.9. The molecule has 9 rings (SSSR count). The van der Waals surface area contributed by atoms with Gasteiger partial charge in [0.25, 0.3) is 17.4 Å². The third-order valence-corrected chi connectivity index (χ3v) is 14.3. The normalized spacial score (nSPS) is 23.1. The Bertz CT molecular complexity index is 2350. The van der Waals surface area contributed by atoms with Gasteiger partial charge in [-0.25, -0.2) is 4.79 Å². The van der Waals surface area contributed by atoms with Gasteiger partial charge in [-0.1, -0.05) is 0 Å². The minimum Gasteiger partial charge on any atom is -0.496 e. The molecule has 4 saturated heterocycles. The van der Waals surface area contributed by atoms with Gasteiger partial charge < -0.3 is 34.1 Å². The van der Waals surface area contributed by atoms with Crippen LogP contribution in [0.2, 0.25) is 0 Å². The minimum atomic E-state index is -0.967. The van der Waals surface area contributed by atoms with E-state index in [1.807, 2.05) is 24.4 Å². The van der Waals surface area contributed by atoms with Crippen LogP contribution >= 0.6 is 0 Å². The molecule has 3 unspecified atom stereocenters. The number of imide groups is 2. The summed E-state index contributed by atoms with van der Waals surface area (Å²) in [6.07, 6.45) is 6.14. The van der Waals surface area contributed by atoms with Gasteiger partial charge in [-0.2, -0.15) is 0 Å². The topological polar surface area (TPSA) is 166 Å². The third kappa shape index (κ3) is 7.61. The predicted octanol–water partition coefficient (Wildman–Crippen LogP) is 2.84. The molecule has 1 aromatic heterocycles. The molecule has 0 bridgehead atoms. The number of amides is 6. The van der Waals surface area contributed by atoms with Crippen LogP contribution < -0.4 is 30.6 Å². The molecule has 6 aliphatic rings. The molecule has 2 aromatic carbocycles. The van der Waals surface area contributed by atoms with Crippen molar-refractivity contribution in [2.75, 3.05) is 78.5 Å². The number of anilines is 1. The number of hydrogen-bond acceptors (Lipinski definition) is 11. The third-order valence-electron chi connectivity index (χ3n) is 14.3. The SMILES string of the molecule is CNC(=O)N1CCc2c(-c3cc(OC)c(CN4CCC(CCN5CC6CN(c7ccc8c(c7)C(=O)N(C7CCC(=O)NC7=O)C8=O)CC6C5)CC4)c(OC)c3)cn(C)c(=O)c2C1. The fraction of sp³-hybridized carbons (Fsp3) is 0.522. The van der Waals surface area contributed by atoms with Crippen molar-refractivity contribution in [1.82, 2.24) is 34.8 Å². The van der Waals surface area contributed by atoms with E-state index >= 15 is 0 Å². The zero-order valence-corrected chi connectivity index (χ0v) is 36.0. The van der Waals surface area contributed by atoms with Gasteiger partial charge in [-0.3, -0.25) is 39.1 Å². The number of nitrogens with one attached hydrogen (secondary N) is 2. The molecule has 0 spiro atoms. The van der Waals surface area contributed by atoms with Crippen molar-refractivity contribution in [2.45, 2.75) is 57.7 Å². The van der Waals surface area contributed by atoms with Crippen LogP contribution in [0.3, 0.4) is 0 Å². The van der Waals surface area contributed by atoms with Gasteiger partial charge in [0.2, 0.25) is 11.8 Å². The molecule has 6 aliphatic heterocycles. The number of pyridine rings is 1. The first kappa shape index (κ1) is 41.6. The number of methoxy groups -OCH3 is 2. The number of carbonyl (C=O) groups excluding carboxylic acids is 5. The maximum atomic E-state index is 13.4. The Morgan fingerprint density at radius 1 is 0.806 bits per heavy atom. The quantitative estimate of drug-likeness (QED) is 0.289. The number of fused-ring (bicyclic) bond motifs is 3. The van der Waals surface area contributed by atoms with Crippen LogP contribution in [0.4, 0.5) is 10.5 Å². The first-order valence-electron chi connectivity index (χ1n) is 21.9. The number of rotatable bonds is 10. The summed E-state index contributed by atoms with van der Waals surface area (Å²) in [5.74, 6) is 1.31. The van der Waals surface area contributed by atoms with Gasteiger partial charge in [-0.15, -0.1) is 0 Å². The van der Waals surface area contributed by atoms with Crippen LogP contribution in [0.5, 0.6) is 11.5 Å². The molecule has 4 fully saturated rings. The lowest BCUT2D eigenvalue weighted by Gasteiger charge is -2.33. The molecule has 2 N–H and O–H groups in total. The van der Waals surface area contributed by atoms with E-state index in [2.05, 4.69) is 25.3 Å². The summed E-state index contributed by atoms with van der Waals surface area (Å²) in [5.41, 5.74) is 5.93. The van der Waals surface area contributed by atoms with E-state index in [0.29, 0.717) is 54.0 Å². The number of hydrogen-bond donors (Lipinski definition) is 2. The summed E-state index contributed by atoms with van der Waals surface area (Å²) in [6, 6.07) is 8.37. The van der Waals surface area contributed by atoms with Crippen molar-refractivity contribution >= 4 is 35.3 Å². The minimum absolute atomic E-state index is 0.0939. The van der Waals surface area contributed by atoms with Crippen molar-refractivity contribution in [1.29, 1.82) is 0 Å². The summed E-state index contributed by atoms with van der Waals surface area (Å²) in [7, 11) is 6.73. The Morgan fingerprint density at radius 3 is 2.16 bits per heavy atom. The molecule has 0 aliphatic carbocycles. The number of piperidine rings is 2. The van der Waals surface area contributed by atoms with Crippen molar-refractivity contribution in [3.8, 4) is 22.6 Å². The van der Waals surface area contributed by atoms with E-state index in [4.69, 9.17) is 9.47 Å². The zero-order chi connectivity index (χ0) is 43.4. The molecule has 62 heavy (non-hydrogen) atoms. The zero-order valence-electron chi connectivity index (χ0n) is 36.0. The number of urea groups is 1. The smallest absolute Gasteiger partial charge is 0.317 e. The molecule has 0 saturated carbocycles. The van der Waals surface area contributed by atoms with Gasteiger partial charge >= 0.3 is 6.03 Å². The second-order valence-electron chi connectivity index (χ2n) is 17.9. The number of ether oxygens (including phenoxy) is 2. The molecule has 16 nitrogen and oxygen atoms in total. The monoisotopic (exact) mass is 848 g/mol. The molecule has 0 radical (unpaired) electrons. The Kier molecular flexibility index (Phi) is 11.3. The van der Waals surface area contributed by atoms with Crippen LogP contribution in [0, 0.1) is 17.8 Å². The highest BCUT2D eigenvalue weighted by Gasteiger charge is 2.46. The fourth-order valence-corrected chi connectivity index (χ4v) is 10.8. The summed E-state index contributed by atoms with van der Waals surface area (Å²) >= 11 is 0. The van der Waals surface area contributed by atoms with Gasteiger partial charge in [0.05, 0.1) is 37.5 Å². The van der Waals surface area contributed by atoms with Crippen LogP contribution in [-0.2, 0) is 36.1 Å². The Hall–Kier alpha value is -5.74. The van der Waals surface area contributed by atoms with Crippen LogP contribution in [0.1, 0.15) is 69.5 Å². The van der Waals surface area contributed by atoms with Gasteiger partial charge in [0.1, 0.15) is 17.5 Å². The van der Waals surface area contributed by atoms with Crippen LogP contribution in [0.15, 0.2) is 41.3 Å². The van der Waals surface area contributed by atoms with Crippen molar-refractivity contribution < 1.29 is 33.4 Å². The van der Waals surface area contributed by atoms with E-state index in [9.17, 15) is 28.8 Å². The maximum Gasteiger partial charge on any atom is 0.317 e. The number of aryl methyl sites for hydroxylation is 1. The summed E-state index contributed by atoms with van der Waals surface area (Å²) < 4.78 is 13.6. The van der Waals surface area contributed by atoms with Crippen molar-refractivity contribution in [3.63, 3.8) is 0 Å². The maximum absolute atomic E-state index is 13.4. The van der Waals surface area contributed by atoms with E-state index in [0.717, 1.165) is 103 Å². The lowest BCUT2D eigenvalue weighted by Crippen LogP contribution is -2.54. The number of aromatic nitrogens is 1. The Balaban J connectivity index is 0.771. The molecule has 3 atom stereocenters. The first-order chi connectivity index (χ1) is 29.9. The Labute approximate surface area is 361 Å². The Morgan fingerprint density at radius 2 is 1.50 bits per heavy atom. The second kappa shape index (κ2) is 16.9. The van der Waals surface area contributed by atoms with E-state index in [-0.39, 0.29) is 36.9 Å². The van der Waals surface area contributed by atoms with Crippen molar-refractivity contribution in [3.05, 3.63) is 74.7 Å². The average Bonchev–Trinajstić information content (AvgIpc) is 3.94. The summed E-state index contributed by atoms with van der Waals surface area (Å²) in [4.78, 5) is 86.5. The molecule has 16 heteroatoms. The lowest BCUT2D eigenvalue weighted by atomic mass is 9.91. The summed E-state index contributed by atoms with van der Waals surface area (Å²) in [5, 5.41) is 4.93. The molecule has 328 valence electrons. The van der Waals surface area contributed by atoms with Crippen molar-refractivity contribution in [2.24, 2.45) is 24.8 Å².